The first kappa shape index (κ1) is 17.4. The van der Waals surface area contributed by atoms with Crippen LogP contribution in [0.15, 0.2) is 24.3 Å². The number of hydrogen-bond acceptors (Lipinski definition) is 2. The third-order valence-corrected chi connectivity index (χ3v) is 5.52. The molecule has 24 heavy (non-hydrogen) atoms. The monoisotopic (exact) mass is 332 g/mol. The molecule has 1 aromatic carbocycles. The highest BCUT2D eigenvalue weighted by molar-refractivity contribution is 5.76. The number of nitrogens with zero attached hydrogens (tertiary/aromatic N) is 2. The fourth-order valence-corrected chi connectivity index (χ4v) is 4.00. The first-order valence-electron chi connectivity index (χ1n) is 9.48. The van der Waals surface area contributed by atoms with Gasteiger partial charge < -0.3 is 9.80 Å². The van der Waals surface area contributed by atoms with Crippen molar-refractivity contribution in [1.29, 1.82) is 0 Å². The number of carbonyl (C=O) groups is 1. The summed E-state index contributed by atoms with van der Waals surface area (Å²) >= 11 is 0. The van der Waals surface area contributed by atoms with Gasteiger partial charge in [0, 0.05) is 25.6 Å². The Kier molecular flexibility index (Phi) is 6.24. The first-order chi connectivity index (χ1) is 11.7. The Labute approximate surface area is 144 Å². The van der Waals surface area contributed by atoms with E-state index >= 15 is 0 Å². The van der Waals surface area contributed by atoms with Crippen molar-refractivity contribution in [2.45, 2.75) is 57.4 Å². The normalized spacial score (nSPS) is 20.8. The summed E-state index contributed by atoms with van der Waals surface area (Å²) < 4.78 is 12.9. The summed E-state index contributed by atoms with van der Waals surface area (Å²) in [6, 6.07) is 7.14. The van der Waals surface area contributed by atoms with E-state index in [0.717, 1.165) is 31.5 Å². The number of likely N-dealkylation sites (tertiary alicyclic amines) is 2. The van der Waals surface area contributed by atoms with Gasteiger partial charge >= 0.3 is 0 Å². The van der Waals surface area contributed by atoms with E-state index in [2.05, 4.69) is 4.90 Å². The smallest absolute Gasteiger partial charge is 0.222 e. The highest BCUT2D eigenvalue weighted by Crippen LogP contribution is 2.21. The maximum Gasteiger partial charge on any atom is 0.222 e. The lowest BCUT2D eigenvalue weighted by atomic mass is 10.0. The Balaban J connectivity index is 1.42. The molecule has 1 aromatic rings. The van der Waals surface area contributed by atoms with Crippen LogP contribution in [0.4, 0.5) is 4.39 Å². The standard InChI is InChI=1S/C20H29FN2O/c21-18-8-5-17(6-9-18)7-10-20(24)23-15-11-19(12-16-23)22-13-3-1-2-4-14-22/h5-6,8-9,19H,1-4,7,10-16H2. The fraction of sp³-hybridized carbons (Fsp3) is 0.650. The van der Waals surface area contributed by atoms with E-state index in [9.17, 15) is 9.18 Å². The predicted molar refractivity (Wildman–Crippen MR) is 94.4 cm³/mol. The van der Waals surface area contributed by atoms with Crippen LogP contribution in [0.2, 0.25) is 0 Å². The number of benzene rings is 1. The Morgan fingerprint density at radius 2 is 1.58 bits per heavy atom. The third-order valence-electron chi connectivity index (χ3n) is 5.52. The number of carbonyl (C=O) groups excluding carboxylic acids is 1. The third kappa shape index (κ3) is 4.79. The number of aryl methyl sites for hydroxylation is 1. The van der Waals surface area contributed by atoms with Crippen molar-refractivity contribution in [3.05, 3.63) is 35.6 Å². The van der Waals surface area contributed by atoms with E-state index in [0.29, 0.717) is 18.9 Å². The molecular weight excluding hydrogens is 303 g/mol. The molecule has 0 unspecified atom stereocenters. The fourth-order valence-electron chi connectivity index (χ4n) is 4.00. The van der Waals surface area contributed by atoms with Gasteiger partial charge in [-0.15, -0.1) is 0 Å². The minimum Gasteiger partial charge on any atom is -0.343 e. The SMILES string of the molecule is O=C(CCc1ccc(F)cc1)N1CCC(N2CCCCCC2)CC1. The second-order valence-corrected chi connectivity index (χ2v) is 7.19. The molecule has 0 bridgehead atoms. The Hall–Kier alpha value is -1.42. The van der Waals surface area contributed by atoms with Gasteiger partial charge in [0.1, 0.15) is 5.82 Å². The minimum absolute atomic E-state index is 0.222. The van der Waals surface area contributed by atoms with Crippen molar-refractivity contribution >= 4 is 5.91 Å². The molecule has 0 aromatic heterocycles. The molecule has 2 saturated heterocycles. The highest BCUT2D eigenvalue weighted by atomic mass is 19.1. The molecule has 2 aliphatic rings. The van der Waals surface area contributed by atoms with Crippen molar-refractivity contribution in [3.8, 4) is 0 Å². The molecule has 0 spiro atoms. The average molecular weight is 332 g/mol. The predicted octanol–water partition coefficient (Wildman–Crippen LogP) is 3.63. The summed E-state index contributed by atoms with van der Waals surface area (Å²) in [5, 5.41) is 0. The Morgan fingerprint density at radius 1 is 0.958 bits per heavy atom. The summed E-state index contributed by atoms with van der Waals surface area (Å²) in [5.74, 6) is 0.0225. The van der Waals surface area contributed by atoms with Gasteiger partial charge in [0.2, 0.25) is 5.91 Å². The lowest BCUT2D eigenvalue weighted by molar-refractivity contribution is -0.132. The molecule has 3 nitrogen and oxygen atoms in total. The Bertz CT molecular complexity index is 515. The van der Waals surface area contributed by atoms with Crippen molar-refractivity contribution in [2.24, 2.45) is 0 Å². The van der Waals surface area contributed by atoms with Crippen LogP contribution >= 0.6 is 0 Å². The molecule has 2 heterocycles. The van der Waals surface area contributed by atoms with Gasteiger partial charge in [0.15, 0.2) is 0 Å². The molecule has 2 aliphatic heterocycles. The molecule has 2 fully saturated rings. The summed E-state index contributed by atoms with van der Waals surface area (Å²) in [5.41, 5.74) is 1.03. The number of rotatable bonds is 4. The van der Waals surface area contributed by atoms with E-state index in [1.54, 1.807) is 12.1 Å². The van der Waals surface area contributed by atoms with Crippen molar-refractivity contribution < 1.29 is 9.18 Å². The molecule has 0 aliphatic carbocycles. The average Bonchev–Trinajstić information content (AvgIpc) is 2.90. The zero-order valence-electron chi connectivity index (χ0n) is 14.6. The van der Waals surface area contributed by atoms with Gasteiger partial charge in [-0.05, 0) is 62.9 Å². The highest BCUT2D eigenvalue weighted by Gasteiger charge is 2.26. The summed E-state index contributed by atoms with van der Waals surface area (Å²) in [7, 11) is 0. The van der Waals surface area contributed by atoms with Gasteiger partial charge in [0.25, 0.3) is 0 Å². The Morgan fingerprint density at radius 3 is 2.21 bits per heavy atom. The second-order valence-electron chi connectivity index (χ2n) is 7.19. The molecule has 132 valence electrons. The number of hydrogen-bond donors (Lipinski definition) is 0. The first-order valence-corrected chi connectivity index (χ1v) is 9.48. The largest absolute Gasteiger partial charge is 0.343 e. The zero-order chi connectivity index (χ0) is 16.8. The van der Waals surface area contributed by atoms with E-state index in [4.69, 9.17) is 0 Å². The lowest BCUT2D eigenvalue weighted by Crippen LogP contribution is -2.47. The van der Waals surface area contributed by atoms with E-state index < -0.39 is 0 Å². The van der Waals surface area contributed by atoms with Crippen LogP contribution in [0.5, 0.6) is 0 Å². The molecule has 1 amide bonds. The van der Waals surface area contributed by atoms with Crippen LogP contribution < -0.4 is 0 Å². The van der Waals surface area contributed by atoms with Gasteiger partial charge in [-0.3, -0.25) is 4.79 Å². The van der Waals surface area contributed by atoms with E-state index in [-0.39, 0.29) is 11.7 Å². The molecule has 0 radical (unpaired) electrons. The van der Waals surface area contributed by atoms with Crippen LogP contribution in [0.1, 0.15) is 50.5 Å². The van der Waals surface area contributed by atoms with E-state index in [1.807, 2.05) is 4.90 Å². The molecule has 0 saturated carbocycles. The second kappa shape index (κ2) is 8.61. The van der Waals surface area contributed by atoms with Crippen LogP contribution in [-0.2, 0) is 11.2 Å². The molecular formula is C20H29FN2O. The number of amides is 1. The maximum atomic E-state index is 12.9. The van der Waals surface area contributed by atoms with Gasteiger partial charge in [-0.25, -0.2) is 4.39 Å². The number of piperidine rings is 1. The lowest BCUT2D eigenvalue weighted by Gasteiger charge is -2.38. The minimum atomic E-state index is -0.222. The summed E-state index contributed by atoms with van der Waals surface area (Å²) in [4.78, 5) is 17.1. The molecule has 4 heteroatoms. The maximum absolute atomic E-state index is 12.9. The van der Waals surface area contributed by atoms with Crippen LogP contribution in [0.3, 0.4) is 0 Å². The molecule has 0 N–H and O–H groups in total. The van der Waals surface area contributed by atoms with Crippen LogP contribution in [-0.4, -0.2) is 47.9 Å². The van der Waals surface area contributed by atoms with Crippen LogP contribution in [0.25, 0.3) is 0 Å². The van der Waals surface area contributed by atoms with Gasteiger partial charge in [-0.1, -0.05) is 25.0 Å². The summed E-state index contributed by atoms with van der Waals surface area (Å²) in [6.45, 7) is 4.26. The van der Waals surface area contributed by atoms with Crippen LogP contribution in [0, 0.1) is 5.82 Å². The molecule has 0 atom stereocenters. The van der Waals surface area contributed by atoms with Crippen molar-refractivity contribution in [3.63, 3.8) is 0 Å². The van der Waals surface area contributed by atoms with Gasteiger partial charge in [0.05, 0.1) is 0 Å². The topological polar surface area (TPSA) is 23.6 Å². The molecule has 3 rings (SSSR count). The van der Waals surface area contributed by atoms with Gasteiger partial charge in [-0.2, -0.15) is 0 Å². The number of halogens is 1. The van der Waals surface area contributed by atoms with Crippen molar-refractivity contribution in [2.75, 3.05) is 26.2 Å². The van der Waals surface area contributed by atoms with Crippen molar-refractivity contribution in [1.82, 2.24) is 9.80 Å². The van der Waals surface area contributed by atoms with E-state index in [1.165, 1.54) is 50.9 Å². The summed E-state index contributed by atoms with van der Waals surface area (Å²) in [6.07, 6.45) is 8.86. The quantitative estimate of drug-likeness (QED) is 0.841. The zero-order valence-corrected chi connectivity index (χ0v) is 14.6.